The third-order valence-corrected chi connectivity index (χ3v) is 8.14. The van der Waals surface area contributed by atoms with Crippen molar-refractivity contribution in [1.29, 1.82) is 0 Å². The fourth-order valence-corrected chi connectivity index (χ4v) is 6.15. The van der Waals surface area contributed by atoms with Crippen LogP contribution in [-0.2, 0) is 11.2 Å². The average molecular weight is 475 g/mol. The lowest BCUT2D eigenvalue weighted by atomic mass is 9.78. The van der Waals surface area contributed by atoms with E-state index < -0.39 is 12.1 Å². The van der Waals surface area contributed by atoms with Crippen molar-refractivity contribution in [3.63, 3.8) is 0 Å². The van der Waals surface area contributed by atoms with E-state index in [-0.39, 0.29) is 17.7 Å². The van der Waals surface area contributed by atoms with E-state index in [1.807, 2.05) is 6.07 Å². The molecule has 3 heterocycles. The molecular formula is C29H34N2O4. The van der Waals surface area contributed by atoms with Gasteiger partial charge in [0.1, 0.15) is 5.75 Å². The Hall–Kier alpha value is -3.12. The molecule has 0 radical (unpaired) electrons. The van der Waals surface area contributed by atoms with Gasteiger partial charge in [-0.25, -0.2) is 14.2 Å². The monoisotopic (exact) mass is 474 g/mol. The minimum absolute atomic E-state index is 0.143. The number of carbonyl (C=O) groups excluding carboxylic acids is 2. The highest BCUT2D eigenvalue weighted by molar-refractivity contribution is 6.01. The lowest BCUT2D eigenvalue weighted by molar-refractivity contribution is 0.0620. The number of rotatable bonds is 4. The summed E-state index contributed by atoms with van der Waals surface area (Å²) in [5, 5.41) is 11.1. The molecule has 6 nitrogen and oxygen atoms in total. The molecule has 2 aliphatic heterocycles. The number of fused-ring (bicyclic) bond motifs is 6. The van der Waals surface area contributed by atoms with Crippen LogP contribution in [0.25, 0.3) is 10.9 Å². The van der Waals surface area contributed by atoms with Crippen molar-refractivity contribution < 1.29 is 19.4 Å². The van der Waals surface area contributed by atoms with Crippen molar-refractivity contribution >= 4 is 23.0 Å². The van der Waals surface area contributed by atoms with Crippen LogP contribution in [0.1, 0.15) is 67.6 Å². The van der Waals surface area contributed by atoms with E-state index in [1.165, 1.54) is 6.42 Å². The Morgan fingerprint density at radius 3 is 2.69 bits per heavy atom. The Morgan fingerprint density at radius 2 is 1.94 bits per heavy atom. The smallest absolute Gasteiger partial charge is 0.426 e. The van der Waals surface area contributed by atoms with Crippen molar-refractivity contribution in [3.05, 3.63) is 65.4 Å². The first-order valence-electron chi connectivity index (χ1n) is 12.8. The minimum atomic E-state index is -0.680. The molecule has 184 valence electrons. The van der Waals surface area contributed by atoms with Crippen molar-refractivity contribution in [2.75, 3.05) is 13.1 Å². The highest BCUT2D eigenvalue weighted by atomic mass is 16.6. The van der Waals surface area contributed by atoms with Gasteiger partial charge in [0, 0.05) is 36.1 Å². The van der Waals surface area contributed by atoms with Gasteiger partial charge < -0.3 is 9.84 Å². The van der Waals surface area contributed by atoms with Crippen molar-refractivity contribution in [2.45, 2.75) is 58.4 Å². The van der Waals surface area contributed by atoms with Crippen LogP contribution in [0.4, 0.5) is 4.79 Å². The number of nitrogens with zero attached hydrogens (tertiary/aromatic N) is 2. The SMILES string of the molecule is CCC(C)C[C@H]1C[C@H]2c3c(c4cc(O)ccc4n3C(=O)OC(=O)c3ccccc3)CCN(C1)C2C. The number of hydrogen-bond acceptors (Lipinski definition) is 5. The molecular weight excluding hydrogens is 440 g/mol. The average Bonchev–Trinajstić information content (AvgIpc) is 3.14. The Balaban J connectivity index is 1.59. The molecule has 0 amide bonds. The number of hydrogen-bond donors (Lipinski definition) is 1. The predicted molar refractivity (Wildman–Crippen MR) is 136 cm³/mol. The van der Waals surface area contributed by atoms with Crippen LogP contribution in [0.3, 0.4) is 0 Å². The number of phenols is 1. The first-order chi connectivity index (χ1) is 16.9. The molecule has 3 unspecified atom stereocenters. The predicted octanol–water partition coefficient (Wildman–Crippen LogP) is 5.96. The van der Waals surface area contributed by atoms with Gasteiger partial charge in [0.2, 0.25) is 0 Å². The van der Waals surface area contributed by atoms with E-state index in [9.17, 15) is 14.7 Å². The van der Waals surface area contributed by atoms with E-state index in [2.05, 4.69) is 25.7 Å². The van der Waals surface area contributed by atoms with Gasteiger partial charge >= 0.3 is 12.1 Å². The maximum absolute atomic E-state index is 13.6. The molecule has 6 heteroatoms. The number of carbonyl (C=O) groups is 2. The molecule has 3 aromatic rings. The number of aromatic hydroxyl groups is 1. The van der Waals surface area contributed by atoms with Gasteiger partial charge in [-0.15, -0.1) is 0 Å². The molecule has 5 atom stereocenters. The number of phenolic OH excluding ortho intramolecular Hbond substituents is 1. The van der Waals surface area contributed by atoms with Crippen molar-refractivity contribution in [3.8, 4) is 5.75 Å². The minimum Gasteiger partial charge on any atom is -0.508 e. The zero-order valence-corrected chi connectivity index (χ0v) is 20.7. The molecule has 1 N–H and O–H groups in total. The molecule has 2 bridgehead atoms. The van der Waals surface area contributed by atoms with Gasteiger partial charge in [0.25, 0.3) is 0 Å². The highest BCUT2D eigenvalue weighted by Gasteiger charge is 2.41. The molecule has 2 aromatic carbocycles. The summed E-state index contributed by atoms with van der Waals surface area (Å²) in [6, 6.07) is 14.0. The maximum atomic E-state index is 13.6. The zero-order chi connectivity index (χ0) is 24.7. The molecule has 2 aliphatic rings. The summed E-state index contributed by atoms with van der Waals surface area (Å²) < 4.78 is 7.03. The fraction of sp³-hybridized carbons (Fsp3) is 0.448. The molecule has 0 saturated carbocycles. The van der Waals surface area contributed by atoms with Gasteiger partial charge in [-0.05, 0) is 73.9 Å². The summed E-state index contributed by atoms with van der Waals surface area (Å²) in [5.74, 6) is 0.864. The van der Waals surface area contributed by atoms with E-state index >= 15 is 0 Å². The van der Waals surface area contributed by atoms with Crippen LogP contribution < -0.4 is 0 Å². The first-order valence-corrected chi connectivity index (χ1v) is 12.8. The molecule has 1 aromatic heterocycles. The van der Waals surface area contributed by atoms with Gasteiger partial charge in [0.15, 0.2) is 0 Å². The van der Waals surface area contributed by atoms with Gasteiger partial charge in [-0.2, -0.15) is 0 Å². The van der Waals surface area contributed by atoms with Crippen molar-refractivity contribution in [2.24, 2.45) is 11.8 Å². The standard InChI is InChI=1S/C29H34N2O4/c1-4-18(2)14-20-15-24-19(3)30(17-20)13-12-23-25-16-22(32)10-11-26(25)31(27(23)24)29(34)35-28(33)21-8-6-5-7-9-21/h5-11,16,18-20,24,32H,4,12-15,17H2,1-3H3/t18?,19?,20-,24+/m0/s1. The van der Waals surface area contributed by atoms with Crippen LogP contribution in [0.15, 0.2) is 48.5 Å². The van der Waals surface area contributed by atoms with Gasteiger partial charge in [-0.3, -0.25) is 4.90 Å². The Bertz CT molecular complexity index is 1250. The number of piperidine rings is 1. The third-order valence-electron chi connectivity index (χ3n) is 8.14. The van der Waals surface area contributed by atoms with Crippen LogP contribution in [0.5, 0.6) is 5.75 Å². The second kappa shape index (κ2) is 9.50. The van der Waals surface area contributed by atoms with E-state index in [1.54, 1.807) is 47.0 Å². The van der Waals surface area contributed by atoms with E-state index in [4.69, 9.17) is 4.74 Å². The summed E-state index contributed by atoms with van der Waals surface area (Å²) >= 11 is 0. The van der Waals surface area contributed by atoms with Gasteiger partial charge in [-0.1, -0.05) is 38.5 Å². The van der Waals surface area contributed by atoms with Crippen LogP contribution in [-0.4, -0.2) is 45.8 Å². The molecule has 5 rings (SSSR count). The zero-order valence-electron chi connectivity index (χ0n) is 20.7. The summed E-state index contributed by atoms with van der Waals surface area (Å²) in [7, 11) is 0. The van der Waals surface area contributed by atoms with Gasteiger partial charge in [0.05, 0.1) is 11.1 Å². The van der Waals surface area contributed by atoms with Crippen LogP contribution in [0, 0.1) is 11.8 Å². The molecule has 0 aliphatic carbocycles. The lowest BCUT2D eigenvalue weighted by Crippen LogP contribution is -2.46. The Labute approximate surface area is 206 Å². The molecule has 35 heavy (non-hydrogen) atoms. The van der Waals surface area contributed by atoms with Crippen molar-refractivity contribution in [1.82, 2.24) is 9.47 Å². The Morgan fingerprint density at radius 1 is 1.17 bits per heavy atom. The van der Waals surface area contributed by atoms with E-state index in [0.717, 1.165) is 49.0 Å². The third kappa shape index (κ3) is 4.36. The topological polar surface area (TPSA) is 71.8 Å². The number of aromatic nitrogens is 1. The van der Waals surface area contributed by atoms with Crippen LogP contribution in [0.2, 0.25) is 0 Å². The normalized spacial score (nSPS) is 24.4. The highest BCUT2D eigenvalue weighted by Crippen LogP contribution is 2.45. The first kappa shape index (κ1) is 23.6. The largest absolute Gasteiger partial charge is 0.508 e. The maximum Gasteiger partial charge on any atom is 0.426 e. The Kier molecular flexibility index (Phi) is 6.41. The van der Waals surface area contributed by atoms with Crippen LogP contribution >= 0.6 is 0 Å². The molecule has 0 spiro atoms. The number of esters is 1. The lowest BCUT2D eigenvalue weighted by Gasteiger charge is -2.42. The van der Waals surface area contributed by atoms with E-state index in [0.29, 0.717) is 22.9 Å². The summed E-state index contributed by atoms with van der Waals surface area (Å²) in [4.78, 5) is 28.9. The second-order valence-corrected chi connectivity index (χ2v) is 10.4. The second-order valence-electron chi connectivity index (χ2n) is 10.4. The number of ether oxygens (including phenoxy) is 1. The quantitative estimate of drug-likeness (QED) is 0.373. The summed E-state index contributed by atoms with van der Waals surface area (Å²) in [6.45, 7) is 8.79. The molecule has 1 fully saturated rings. The summed E-state index contributed by atoms with van der Waals surface area (Å²) in [6.07, 6.45) is 3.44. The fourth-order valence-electron chi connectivity index (χ4n) is 6.15. The molecule has 1 saturated heterocycles. The number of benzene rings is 2. The summed E-state index contributed by atoms with van der Waals surface area (Å²) in [5.41, 5.74) is 3.05.